The topological polar surface area (TPSA) is 50.9 Å². The van der Waals surface area contributed by atoms with E-state index in [-0.39, 0.29) is 5.41 Å². The molecule has 1 unspecified atom stereocenters. The summed E-state index contributed by atoms with van der Waals surface area (Å²) >= 11 is 0. The zero-order valence-corrected chi connectivity index (χ0v) is 9.83. The molecule has 0 fully saturated rings. The lowest BCUT2D eigenvalue weighted by Crippen LogP contribution is -2.46. The standard InChI is InChI=1S/C12H21N3/c1-4-12(2,3)11(15-13)9-10-5-7-14-8-6-10/h5-8,11,15H,4,9,13H2,1-3H3. The van der Waals surface area contributed by atoms with E-state index < -0.39 is 0 Å². The van der Waals surface area contributed by atoms with Gasteiger partial charge in [0.1, 0.15) is 0 Å². The molecule has 1 heterocycles. The molecule has 0 aromatic carbocycles. The average molecular weight is 207 g/mol. The van der Waals surface area contributed by atoms with Crippen LogP contribution in [0.3, 0.4) is 0 Å². The molecule has 3 heteroatoms. The van der Waals surface area contributed by atoms with Crippen LogP contribution in [0, 0.1) is 5.41 Å². The summed E-state index contributed by atoms with van der Waals surface area (Å²) in [7, 11) is 0. The summed E-state index contributed by atoms with van der Waals surface area (Å²) in [6.07, 6.45) is 5.69. The molecule has 0 spiro atoms. The number of hydrogen-bond donors (Lipinski definition) is 2. The maximum Gasteiger partial charge on any atom is 0.0301 e. The van der Waals surface area contributed by atoms with Crippen LogP contribution in [-0.4, -0.2) is 11.0 Å². The molecule has 0 amide bonds. The van der Waals surface area contributed by atoms with Crippen LogP contribution in [0.15, 0.2) is 24.5 Å². The molecule has 1 rings (SSSR count). The molecule has 0 aliphatic heterocycles. The van der Waals surface area contributed by atoms with Crippen LogP contribution in [0.2, 0.25) is 0 Å². The van der Waals surface area contributed by atoms with E-state index in [1.807, 2.05) is 24.5 Å². The lowest BCUT2D eigenvalue weighted by molar-refractivity contribution is 0.231. The van der Waals surface area contributed by atoms with Gasteiger partial charge in [-0.1, -0.05) is 20.8 Å². The zero-order chi connectivity index (χ0) is 11.3. The first-order chi connectivity index (χ1) is 7.10. The Hall–Kier alpha value is -0.930. The van der Waals surface area contributed by atoms with Gasteiger partial charge in [0.15, 0.2) is 0 Å². The second-order valence-electron chi connectivity index (χ2n) is 4.62. The first kappa shape index (κ1) is 12.1. The van der Waals surface area contributed by atoms with Crippen LogP contribution in [-0.2, 0) is 6.42 Å². The fourth-order valence-electron chi connectivity index (χ4n) is 1.56. The SMILES string of the molecule is CCC(C)(C)C(Cc1ccncc1)NN. The maximum atomic E-state index is 5.62. The molecule has 1 aromatic rings. The second kappa shape index (κ2) is 5.24. The van der Waals surface area contributed by atoms with Crippen LogP contribution in [0.25, 0.3) is 0 Å². The molecule has 1 atom stereocenters. The van der Waals surface area contributed by atoms with Crippen molar-refractivity contribution >= 4 is 0 Å². The molecule has 0 saturated carbocycles. The van der Waals surface area contributed by atoms with Crippen molar-refractivity contribution in [3.05, 3.63) is 30.1 Å². The van der Waals surface area contributed by atoms with Gasteiger partial charge in [-0.05, 0) is 36.0 Å². The molecular formula is C12H21N3. The Kier molecular flexibility index (Phi) is 4.24. The minimum Gasteiger partial charge on any atom is -0.271 e. The number of nitrogens with zero attached hydrogens (tertiary/aromatic N) is 1. The Morgan fingerprint density at radius 2 is 2.00 bits per heavy atom. The highest BCUT2D eigenvalue weighted by molar-refractivity contribution is 5.12. The first-order valence-corrected chi connectivity index (χ1v) is 5.45. The largest absolute Gasteiger partial charge is 0.271 e. The fourth-order valence-corrected chi connectivity index (χ4v) is 1.56. The van der Waals surface area contributed by atoms with Crippen molar-refractivity contribution in [2.24, 2.45) is 11.3 Å². The van der Waals surface area contributed by atoms with Gasteiger partial charge in [0, 0.05) is 18.4 Å². The molecule has 0 bridgehead atoms. The van der Waals surface area contributed by atoms with Crippen molar-refractivity contribution < 1.29 is 0 Å². The summed E-state index contributed by atoms with van der Waals surface area (Å²) in [5.74, 6) is 5.62. The van der Waals surface area contributed by atoms with E-state index in [1.54, 1.807) is 0 Å². The summed E-state index contributed by atoms with van der Waals surface area (Å²) in [5.41, 5.74) is 4.40. The summed E-state index contributed by atoms with van der Waals surface area (Å²) in [6.45, 7) is 6.66. The molecular weight excluding hydrogens is 186 g/mol. The van der Waals surface area contributed by atoms with E-state index in [0.717, 1.165) is 12.8 Å². The van der Waals surface area contributed by atoms with Gasteiger partial charge >= 0.3 is 0 Å². The van der Waals surface area contributed by atoms with Crippen LogP contribution in [0.4, 0.5) is 0 Å². The van der Waals surface area contributed by atoms with Gasteiger partial charge in [0.05, 0.1) is 0 Å². The number of hydrogen-bond acceptors (Lipinski definition) is 3. The van der Waals surface area contributed by atoms with Gasteiger partial charge in [-0.2, -0.15) is 0 Å². The van der Waals surface area contributed by atoms with Crippen LogP contribution in [0.1, 0.15) is 32.8 Å². The molecule has 0 radical (unpaired) electrons. The van der Waals surface area contributed by atoms with E-state index in [1.165, 1.54) is 5.56 Å². The van der Waals surface area contributed by atoms with Gasteiger partial charge in [0.25, 0.3) is 0 Å². The monoisotopic (exact) mass is 207 g/mol. The summed E-state index contributed by atoms with van der Waals surface area (Å²) < 4.78 is 0. The lowest BCUT2D eigenvalue weighted by atomic mass is 9.79. The number of pyridine rings is 1. The quantitative estimate of drug-likeness (QED) is 0.572. The van der Waals surface area contributed by atoms with Crippen molar-refractivity contribution in [2.75, 3.05) is 0 Å². The Morgan fingerprint density at radius 1 is 1.40 bits per heavy atom. The van der Waals surface area contributed by atoms with Crippen LogP contribution in [0.5, 0.6) is 0 Å². The minimum atomic E-state index is 0.206. The second-order valence-corrected chi connectivity index (χ2v) is 4.62. The maximum absolute atomic E-state index is 5.62. The number of rotatable bonds is 5. The Labute approximate surface area is 92.1 Å². The van der Waals surface area contributed by atoms with Crippen LogP contribution >= 0.6 is 0 Å². The van der Waals surface area contributed by atoms with Crippen LogP contribution < -0.4 is 11.3 Å². The van der Waals surface area contributed by atoms with Crippen molar-refractivity contribution in [1.29, 1.82) is 0 Å². The molecule has 0 aliphatic carbocycles. The molecule has 3 N–H and O–H groups in total. The highest BCUT2D eigenvalue weighted by Crippen LogP contribution is 2.26. The number of nitrogens with one attached hydrogen (secondary N) is 1. The number of aromatic nitrogens is 1. The molecule has 0 aliphatic rings. The fraction of sp³-hybridized carbons (Fsp3) is 0.583. The normalized spacial score (nSPS) is 13.9. The van der Waals surface area contributed by atoms with Gasteiger partial charge in [-0.15, -0.1) is 0 Å². The van der Waals surface area contributed by atoms with Gasteiger partial charge in [0.2, 0.25) is 0 Å². The van der Waals surface area contributed by atoms with E-state index in [4.69, 9.17) is 5.84 Å². The highest BCUT2D eigenvalue weighted by Gasteiger charge is 2.26. The van der Waals surface area contributed by atoms with E-state index >= 15 is 0 Å². The van der Waals surface area contributed by atoms with E-state index in [9.17, 15) is 0 Å². The minimum absolute atomic E-state index is 0.206. The third-order valence-electron chi connectivity index (χ3n) is 3.24. The average Bonchev–Trinajstić information content (AvgIpc) is 2.27. The Morgan fingerprint density at radius 3 is 2.47 bits per heavy atom. The third-order valence-corrected chi connectivity index (χ3v) is 3.24. The molecule has 0 saturated heterocycles. The highest BCUT2D eigenvalue weighted by atomic mass is 15.2. The predicted molar refractivity (Wildman–Crippen MR) is 63.1 cm³/mol. The summed E-state index contributed by atoms with van der Waals surface area (Å²) in [4.78, 5) is 4.01. The van der Waals surface area contributed by atoms with Gasteiger partial charge in [-0.25, -0.2) is 0 Å². The summed E-state index contributed by atoms with van der Waals surface area (Å²) in [5, 5.41) is 0. The number of nitrogens with two attached hydrogens (primary N) is 1. The Balaban J connectivity index is 2.70. The first-order valence-electron chi connectivity index (χ1n) is 5.45. The van der Waals surface area contributed by atoms with Gasteiger partial charge < -0.3 is 0 Å². The number of hydrazine groups is 1. The lowest BCUT2D eigenvalue weighted by Gasteiger charge is -2.33. The smallest absolute Gasteiger partial charge is 0.0301 e. The van der Waals surface area contributed by atoms with Crippen molar-refractivity contribution in [2.45, 2.75) is 39.7 Å². The summed E-state index contributed by atoms with van der Waals surface area (Å²) in [6, 6.07) is 4.37. The van der Waals surface area contributed by atoms with Crippen molar-refractivity contribution in [3.63, 3.8) is 0 Å². The molecule has 84 valence electrons. The van der Waals surface area contributed by atoms with E-state index in [0.29, 0.717) is 6.04 Å². The van der Waals surface area contributed by atoms with Crippen molar-refractivity contribution in [3.8, 4) is 0 Å². The Bertz CT molecular complexity index is 282. The zero-order valence-electron chi connectivity index (χ0n) is 9.83. The predicted octanol–water partition coefficient (Wildman–Crippen LogP) is 1.89. The molecule has 15 heavy (non-hydrogen) atoms. The van der Waals surface area contributed by atoms with E-state index in [2.05, 4.69) is 31.2 Å². The van der Waals surface area contributed by atoms with Gasteiger partial charge in [-0.3, -0.25) is 16.3 Å². The molecule has 1 aromatic heterocycles. The molecule has 3 nitrogen and oxygen atoms in total. The van der Waals surface area contributed by atoms with Crippen molar-refractivity contribution in [1.82, 2.24) is 10.4 Å². The third kappa shape index (κ3) is 3.29.